The van der Waals surface area contributed by atoms with Crippen LogP contribution in [0, 0.1) is 11.8 Å². The second kappa shape index (κ2) is 8.89. The summed E-state index contributed by atoms with van der Waals surface area (Å²) < 4.78 is 0.729. The molecule has 0 saturated carbocycles. The lowest BCUT2D eigenvalue weighted by atomic mass is 9.97. The number of carbonyl (C=O) groups excluding carboxylic acids is 1. The lowest BCUT2D eigenvalue weighted by molar-refractivity contribution is -0.142. The summed E-state index contributed by atoms with van der Waals surface area (Å²) >= 11 is 7.31. The Kier molecular flexibility index (Phi) is 7.53. The second-order valence-corrected chi connectivity index (χ2v) is 7.06. The van der Waals surface area contributed by atoms with Gasteiger partial charge in [-0.1, -0.05) is 25.4 Å². The van der Waals surface area contributed by atoms with Gasteiger partial charge in [-0.05, 0) is 30.9 Å². The highest BCUT2D eigenvalue weighted by Crippen LogP contribution is 2.21. The summed E-state index contributed by atoms with van der Waals surface area (Å²) in [4.78, 5) is 23.8. The first kappa shape index (κ1) is 17.8. The first-order valence-electron chi connectivity index (χ1n) is 6.87. The molecule has 0 aliphatic carbocycles. The van der Waals surface area contributed by atoms with E-state index >= 15 is 0 Å². The fraction of sp³-hybridized carbons (Fsp3) is 0.571. The lowest BCUT2D eigenvalue weighted by Gasteiger charge is -2.15. The largest absolute Gasteiger partial charge is 0.481 e. The van der Waals surface area contributed by atoms with Crippen LogP contribution in [-0.2, 0) is 11.2 Å². The maximum absolute atomic E-state index is 11.6. The predicted octanol–water partition coefficient (Wildman–Crippen LogP) is 2.99. The van der Waals surface area contributed by atoms with Gasteiger partial charge in [-0.15, -0.1) is 11.3 Å². The molecule has 1 aromatic rings. The number of urea groups is 1. The Labute approximate surface area is 133 Å². The second-order valence-electron chi connectivity index (χ2n) is 5.26. The van der Waals surface area contributed by atoms with Gasteiger partial charge in [0, 0.05) is 18.0 Å². The van der Waals surface area contributed by atoms with Crippen LogP contribution in [0.25, 0.3) is 0 Å². The van der Waals surface area contributed by atoms with Crippen molar-refractivity contribution in [2.75, 3.05) is 13.1 Å². The van der Waals surface area contributed by atoms with E-state index in [4.69, 9.17) is 16.7 Å². The van der Waals surface area contributed by atoms with E-state index in [0.29, 0.717) is 19.4 Å². The highest BCUT2D eigenvalue weighted by Gasteiger charge is 2.19. The molecule has 2 amide bonds. The first-order chi connectivity index (χ1) is 9.88. The molecule has 0 aliphatic rings. The molecule has 7 heteroatoms. The van der Waals surface area contributed by atoms with Gasteiger partial charge in [0.2, 0.25) is 0 Å². The molecule has 0 fully saturated rings. The van der Waals surface area contributed by atoms with Crippen LogP contribution in [0.1, 0.15) is 25.1 Å². The number of halogens is 1. The zero-order chi connectivity index (χ0) is 15.8. The summed E-state index contributed by atoms with van der Waals surface area (Å²) in [6.07, 6.45) is 1.25. The van der Waals surface area contributed by atoms with Crippen molar-refractivity contribution in [3.05, 3.63) is 21.3 Å². The predicted molar refractivity (Wildman–Crippen MR) is 85.0 cm³/mol. The fourth-order valence-corrected chi connectivity index (χ4v) is 2.99. The van der Waals surface area contributed by atoms with Gasteiger partial charge in [0.15, 0.2) is 0 Å². The normalized spacial score (nSPS) is 12.2. The third-order valence-corrected chi connectivity index (χ3v) is 4.19. The van der Waals surface area contributed by atoms with Crippen molar-refractivity contribution < 1.29 is 14.7 Å². The highest BCUT2D eigenvalue weighted by atomic mass is 35.5. The van der Waals surface area contributed by atoms with E-state index in [1.807, 2.05) is 26.0 Å². The van der Waals surface area contributed by atoms with Crippen molar-refractivity contribution in [1.82, 2.24) is 10.6 Å². The van der Waals surface area contributed by atoms with Crippen molar-refractivity contribution >= 4 is 34.9 Å². The minimum Gasteiger partial charge on any atom is -0.481 e. The SMILES string of the molecule is CC(C)CC(CNC(=O)NCCc1ccc(Cl)s1)C(=O)O. The summed E-state index contributed by atoms with van der Waals surface area (Å²) in [5, 5.41) is 14.4. The van der Waals surface area contributed by atoms with E-state index in [2.05, 4.69) is 10.6 Å². The summed E-state index contributed by atoms with van der Waals surface area (Å²) in [7, 11) is 0. The molecule has 1 rings (SSSR count). The number of aliphatic carboxylic acids is 1. The molecule has 1 aromatic heterocycles. The smallest absolute Gasteiger partial charge is 0.314 e. The van der Waals surface area contributed by atoms with Gasteiger partial charge in [0.25, 0.3) is 0 Å². The number of carbonyl (C=O) groups is 2. The average Bonchev–Trinajstić information content (AvgIpc) is 2.79. The third-order valence-electron chi connectivity index (χ3n) is 2.90. The van der Waals surface area contributed by atoms with E-state index in [-0.39, 0.29) is 18.5 Å². The van der Waals surface area contributed by atoms with Gasteiger partial charge in [0.1, 0.15) is 0 Å². The maximum Gasteiger partial charge on any atom is 0.314 e. The number of nitrogens with one attached hydrogen (secondary N) is 2. The summed E-state index contributed by atoms with van der Waals surface area (Å²) in [5.41, 5.74) is 0. The van der Waals surface area contributed by atoms with Crippen molar-refractivity contribution in [3.8, 4) is 0 Å². The molecule has 0 radical (unpaired) electrons. The Morgan fingerprint density at radius 2 is 2.05 bits per heavy atom. The molecule has 0 bridgehead atoms. The van der Waals surface area contributed by atoms with E-state index < -0.39 is 11.9 Å². The van der Waals surface area contributed by atoms with Crippen molar-refractivity contribution in [3.63, 3.8) is 0 Å². The number of amides is 2. The number of rotatable bonds is 8. The van der Waals surface area contributed by atoms with Crippen LogP contribution < -0.4 is 10.6 Å². The zero-order valence-electron chi connectivity index (χ0n) is 12.2. The fourth-order valence-electron chi connectivity index (χ4n) is 1.90. The average molecular weight is 333 g/mol. The molecule has 1 unspecified atom stereocenters. The molecule has 0 saturated heterocycles. The number of carboxylic acid groups (broad SMARTS) is 1. The van der Waals surface area contributed by atoms with Gasteiger partial charge in [-0.3, -0.25) is 4.79 Å². The molecule has 0 spiro atoms. The van der Waals surface area contributed by atoms with Gasteiger partial charge in [-0.25, -0.2) is 4.79 Å². The number of hydrogen-bond acceptors (Lipinski definition) is 3. The van der Waals surface area contributed by atoms with E-state index in [9.17, 15) is 9.59 Å². The number of thiophene rings is 1. The van der Waals surface area contributed by atoms with Crippen LogP contribution in [0.5, 0.6) is 0 Å². The van der Waals surface area contributed by atoms with Gasteiger partial charge < -0.3 is 15.7 Å². The van der Waals surface area contributed by atoms with E-state index in [1.54, 1.807) is 0 Å². The van der Waals surface area contributed by atoms with E-state index in [0.717, 1.165) is 9.21 Å². The van der Waals surface area contributed by atoms with Gasteiger partial charge in [0.05, 0.1) is 10.3 Å². The first-order valence-corrected chi connectivity index (χ1v) is 8.06. The third kappa shape index (κ3) is 7.34. The monoisotopic (exact) mass is 332 g/mol. The van der Waals surface area contributed by atoms with Crippen LogP contribution in [-0.4, -0.2) is 30.2 Å². The summed E-state index contributed by atoms with van der Waals surface area (Å²) in [6, 6.07) is 3.41. The Hall–Kier alpha value is -1.27. The molecule has 21 heavy (non-hydrogen) atoms. The van der Waals surface area contributed by atoms with Gasteiger partial charge in [-0.2, -0.15) is 0 Å². The zero-order valence-corrected chi connectivity index (χ0v) is 13.8. The highest BCUT2D eigenvalue weighted by molar-refractivity contribution is 7.16. The lowest BCUT2D eigenvalue weighted by Crippen LogP contribution is -2.40. The van der Waals surface area contributed by atoms with Crippen molar-refractivity contribution in [2.24, 2.45) is 11.8 Å². The van der Waals surface area contributed by atoms with Crippen LogP contribution in [0.15, 0.2) is 12.1 Å². The van der Waals surface area contributed by atoms with Crippen LogP contribution in [0.4, 0.5) is 4.79 Å². The summed E-state index contributed by atoms with van der Waals surface area (Å²) in [5.74, 6) is -1.15. The van der Waals surface area contributed by atoms with Crippen molar-refractivity contribution in [2.45, 2.75) is 26.7 Å². The quantitative estimate of drug-likeness (QED) is 0.684. The molecule has 118 valence electrons. The van der Waals surface area contributed by atoms with E-state index in [1.165, 1.54) is 11.3 Å². The van der Waals surface area contributed by atoms with Crippen LogP contribution >= 0.6 is 22.9 Å². The summed E-state index contributed by atoms with van der Waals surface area (Å²) in [6.45, 7) is 4.55. The molecule has 0 aromatic carbocycles. The minimum absolute atomic E-state index is 0.143. The molecule has 1 atom stereocenters. The number of carboxylic acids is 1. The molecule has 3 N–H and O–H groups in total. The molecular formula is C14H21ClN2O3S. The standard InChI is InChI=1S/C14H21ClN2O3S/c1-9(2)7-10(13(18)19)8-17-14(20)16-6-5-11-3-4-12(15)21-11/h3-4,9-10H,5-8H2,1-2H3,(H,18,19)(H2,16,17,20). The van der Waals surface area contributed by atoms with Crippen LogP contribution in [0.3, 0.4) is 0 Å². The topological polar surface area (TPSA) is 78.4 Å². The van der Waals surface area contributed by atoms with Crippen molar-refractivity contribution in [1.29, 1.82) is 0 Å². The molecule has 5 nitrogen and oxygen atoms in total. The Bertz CT molecular complexity index is 477. The molecular weight excluding hydrogens is 312 g/mol. The van der Waals surface area contributed by atoms with Crippen LogP contribution in [0.2, 0.25) is 4.34 Å². The Morgan fingerprint density at radius 1 is 1.33 bits per heavy atom. The maximum atomic E-state index is 11.6. The molecule has 1 heterocycles. The Balaban J connectivity index is 2.24. The number of hydrogen-bond donors (Lipinski definition) is 3. The minimum atomic E-state index is -0.878. The van der Waals surface area contributed by atoms with Gasteiger partial charge >= 0.3 is 12.0 Å². The molecule has 0 aliphatic heterocycles. The Morgan fingerprint density at radius 3 is 2.57 bits per heavy atom.